The van der Waals surface area contributed by atoms with Crippen LogP contribution in [0.3, 0.4) is 0 Å². The van der Waals surface area contributed by atoms with Gasteiger partial charge in [0.15, 0.2) is 17.2 Å². The largest absolute Gasteiger partial charge is 0.454 e. The first-order chi connectivity index (χ1) is 9.69. The van der Waals surface area contributed by atoms with Gasteiger partial charge in [-0.25, -0.2) is 0 Å². The number of aromatic nitrogens is 2. The third-order valence-electron chi connectivity index (χ3n) is 3.08. The van der Waals surface area contributed by atoms with Crippen molar-refractivity contribution in [2.24, 2.45) is 0 Å². The number of anilines is 2. The predicted molar refractivity (Wildman–Crippen MR) is 72.9 cm³/mol. The molecule has 0 unspecified atom stereocenters. The van der Waals surface area contributed by atoms with Crippen LogP contribution in [-0.4, -0.2) is 22.9 Å². The van der Waals surface area contributed by atoms with E-state index < -0.39 is 0 Å². The van der Waals surface area contributed by atoms with Crippen molar-refractivity contribution < 1.29 is 14.3 Å². The van der Waals surface area contributed by atoms with Crippen molar-refractivity contribution in [2.75, 3.05) is 17.8 Å². The fraction of sp³-hybridized carbons (Fsp3) is 0.231. The molecule has 1 aromatic heterocycles. The van der Waals surface area contributed by atoms with Gasteiger partial charge >= 0.3 is 0 Å². The second-order valence-electron chi connectivity index (χ2n) is 4.34. The first kappa shape index (κ1) is 12.3. The zero-order valence-electron chi connectivity index (χ0n) is 10.9. The maximum absolute atomic E-state index is 12.1. The molecule has 0 saturated heterocycles. The molecule has 104 valence electrons. The molecule has 0 radical (unpaired) electrons. The number of rotatable bonds is 3. The molecule has 0 atom stereocenters. The Hall–Kier alpha value is -2.70. The summed E-state index contributed by atoms with van der Waals surface area (Å²) in [5.41, 5.74) is 7.78. The van der Waals surface area contributed by atoms with Crippen molar-refractivity contribution in [3.05, 3.63) is 29.6 Å². The summed E-state index contributed by atoms with van der Waals surface area (Å²) in [6, 6.07) is 5.17. The zero-order chi connectivity index (χ0) is 14.1. The number of aromatic amines is 1. The summed E-state index contributed by atoms with van der Waals surface area (Å²) >= 11 is 0. The van der Waals surface area contributed by atoms with E-state index >= 15 is 0 Å². The molecule has 0 spiro atoms. The molecule has 3 rings (SSSR count). The van der Waals surface area contributed by atoms with Crippen molar-refractivity contribution in [2.45, 2.75) is 13.3 Å². The first-order valence-corrected chi connectivity index (χ1v) is 6.22. The summed E-state index contributed by atoms with van der Waals surface area (Å²) in [4.78, 5) is 12.1. The SMILES string of the molecule is CCc1[nH]nc(C(=O)Nc2ccc3c(c2)OCO3)c1N. The molecule has 4 N–H and O–H groups in total. The lowest BCUT2D eigenvalue weighted by Gasteiger charge is -2.05. The van der Waals surface area contributed by atoms with Crippen LogP contribution in [0.4, 0.5) is 11.4 Å². The summed E-state index contributed by atoms with van der Waals surface area (Å²) in [6.07, 6.45) is 0.691. The van der Waals surface area contributed by atoms with Gasteiger partial charge in [-0.1, -0.05) is 6.92 Å². The van der Waals surface area contributed by atoms with Crippen LogP contribution in [0, 0.1) is 0 Å². The second-order valence-corrected chi connectivity index (χ2v) is 4.34. The highest BCUT2D eigenvalue weighted by atomic mass is 16.7. The van der Waals surface area contributed by atoms with Crippen LogP contribution in [0.5, 0.6) is 11.5 Å². The average molecular weight is 274 g/mol. The smallest absolute Gasteiger partial charge is 0.278 e. The van der Waals surface area contributed by atoms with E-state index in [0.717, 1.165) is 5.69 Å². The van der Waals surface area contributed by atoms with Gasteiger partial charge in [0.1, 0.15) is 0 Å². The maximum atomic E-state index is 12.1. The van der Waals surface area contributed by atoms with E-state index in [0.29, 0.717) is 29.3 Å². The molecule has 0 saturated carbocycles. The molecule has 20 heavy (non-hydrogen) atoms. The van der Waals surface area contributed by atoms with Crippen LogP contribution in [0.25, 0.3) is 0 Å². The van der Waals surface area contributed by atoms with Crippen molar-refractivity contribution in [1.82, 2.24) is 10.2 Å². The summed E-state index contributed by atoms with van der Waals surface area (Å²) in [6.45, 7) is 2.13. The molecule has 1 aromatic carbocycles. The molecule has 0 bridgehead atoms. The van der Waals surface area contributed by atoms with E-state index in [1.807, 2.05) is 6.92 Å². The number of aryl methyl sites for hydroxylation is 1. The number of carbonyl (C=O) groups excluding carboxylic acids is 1. The molecule has 2 heterocycles. The monoisotopic (exact) mass is 274 g/mol. The number of nitrogens with two attached hydrogens (primary N) is 1. The number of hydrogen-bond acceptors (Lipinski definition) is 5. The Morgan fingerprint density at radius 1 is 1.45 bits per heavy atom. The van der Waals surface area contributed by atoms with Crippen molar-refractivity contribution in [1.29, 1.82) is 0 Å². The van der Waals surface area contributed by atoms with Gasteiger partial charge in [-0.05, 0) is 18.6 Å². The van der Waals surface area contributed by atoms with E-state index in [1.165, 1.54) is 0 Å². The first-order valence-electron chi connectivity index (χ1n) is 6.22. The summed E-state index contributed by atoms with van der Waals surface area (Å²) in [7, 11) is 0. The highest BCUT2D eigenvalue weighted by Crippen LogP contribution is 2.34. The third-order valence-corrected chi connectivity index (χ3v) is 3.08. The Labute approximate surface area is 115 Å². The van der Waals surface area contributed by atoms with E-state index in [4.69, 9.17) is 15.2 Å². The van der Waals surface area contributed by atoms with Gasteiger partial charge in [-0.3, -0.25) is 9.89 Å². The molecule has 0 aliphatic carbocycles. The van der Waals surface area contributed by atoms with Gasteiger partial charge in [-0.15, -0.1) is 0 Å². The maximum Gasteiger partial charge on any atom is 0.278 e. The molecular formula is C13H14N4O3. The molecule has 1 amide bonds. The number of hydrogen-bond donors (Lipinski definition) is 3. The number of nitrogens with zero attached hydrogens (tertiary/aromatic N) is 1. The Kier molecular flexibility index (Phi) is 2.94. The minimum Gasteiger partial charge on any atom is -0.454 e. The zero-order valence-corrected chi connectivity index (χ0v) is 10.9. The van der Waals surface area contributed by atoms with Crippen molar-refractivity contribution in [3.63, 3.8) is 0 Å². The molecule has 2 aromatic rings. The standard InChI is InChI=1S/C13H14N4O3/c1-2-8-11(14)12(17-16-8)13(18)15-7-3-4-9-10(5-7)20-6-19-9/h3-5H,2,6,14H2,1H3,(H,15,18)(H,16,17). The topological polar surface area (TPSA) is 102 Å². The van der Waals surface area contributed by atoms with E-state index in [2.05, 4.69) is 15.5 Å². The fourth-order valence-electron chi connectivity index (χ4n) is 1.99. The lowest BCUT2D eigenvalue weighted by molar-refractivity contribution is 0.102. The molecular weight excluding hydrogens is 260 g/mol. The van der Waals surface area contributed by atoms with Gasteiger partial charge in [-0.2, -0.15) is 5.10 Å². The lowest BCUT2D eigenvalue weighted by atomic mass is 10.2. The molecule has 1 aliphatic heterocycles. The predicted octanol–water partition coefficient (Wildman–Crippen LogP) is 1.54. The van der Waals surface area contributed by atoms with Crippen molar-refractivity contribution >= 4 is 17.3 Å². The average Bonchev–Trinajstić information content (AvgIpc) is 3.04. The molecule has 1 aliphatic rings. The van der Waals surface area contributed by atoms with E-state index in [1.54, 1.807) is 18.2 Å². The Bertz CT molecular complexity index is 666. The quantitative estimate of drug-likeness (QED) is 0.787. The molecule has 7 nitrogen and oxygen atoms in total. The van der Waals surface area contributed by atoms with Crippen molar-refractivity contribution in [3.8, 4) is 11.5 Å². The number of nitrogen functional groups attached to an aromatic ring is 1. The van der Waals surface area contributed by atoms with Gasteiger partial charge < -0.3 is 20.5 Å². The van der Waals surface area contributed by atoms with Gasteiger partial charge in [0.25, 0.3) is 5.91 Å². The third kappa shape index (κ3) is 2.03. The van der Waals surface area contributed by atoms with Crippen LogP contribution >= 0.6 is 0 Å². The lowest BCUT2D eigenvalue weighted by Crippen LogP contribution is -2.14. The number of nitrogens with one attached hydrogen (secondary N) is 2. The summed E-state index contributed by atoms with van der Waals surface area (Å²) in [5.74, 6) is 0.903. The number of amides is 1. The number of ether oxygens (including phenoxy) is 2. The normalized spacial score (nSPS) is 12.4. The number of carbonyl (C=O) groups is 1. The summed E-state index contributed by atoms with van der Waals surface area (Å²) in [5, 5.41) is 9.42. The highest BCUT2D eigenvalue weighted by Gasteiger charge is 2.18. The van der Waals surface area contributed by atoms with Crippen LogP contribution in [0.1, 0.15) is 23.1 Å². The van der Waals surface area contributed by atoms with E-state index in [9.17, 15) is 4.79 Å². The minimum atomic E-state index is -0.364. The highest BCUT2D eigenvalue weighted by molar-refractivity contribution is 6.06. The van der Waals surface area contributed by atoms with Gasteiger partial charge in [0.05, 0.1) is 11.4 Å². The van der Waals surface area contributed by atoms with Crippen LogP contribution in [0.2, 0.25) is 0 Å². The summed E-state index contributed by atoms with van der Waals surface area (Å²) < 4.78 is 10.5. The van der Waals surface area contributed by atoms with Crippen LogP contribution in [-0.2, 0) is 6.42 Å². The Morgan fingerprint density at radius 3 is 3.00 bits per heavy atom. The number of benzene rings is 1. The molecule has 0 fully saturated rings. The minimum absolute atomic E-state index is 0.193. The molecule has 7 heteroatoms. The number of fused-ring (bicyclic) bond motifs is 1. The van der Waals surface area contributed by atoms with Crippen LogP contribution in [0.15, 0.2) is 18.2 Å². The van der Waals surface area contributed by atoms with E-state index in [-0.39, 0.29) is 18.4 Å². The van der Waals surface area contributed by atoms with Crippen LogP contribution < -0.4 is 20.5 Å². The Morgan fingerprint density at radius 2 is 2.25 bits per heavy atom. The second kappa shape index (κ2) is 4.76. The number of H-pyrrole nitrogens is 1. The van der Waals surface area contributed by atoms with Gasteiger partial charge in [0.2, 0.25) is 6.79 Å². The van der Waals surface area contributed by atoms with Gasteiger partial charge in [0, 0.05) is 11.8 Å². The Balaban J connectivity index is 1.80. The fourth-order valence-corrected chi connectivity index (χ4v) is 1.99.